The van der Waals surface area contributed by atoms with Gasteiger partial charge in [0.15, 0.2) is 0 Å². The number of hydrogen-bond acceptors (Lipinski definition) is 6. The van der Waals surface area contributed by atoms with E-state index >= 15 is 0 Å². The fourth-order valence-electron chi connectivity index (χ4n) is 2.49. The number of carboxylic acid groups (broad SMARTS) is 1. The fraction of sp³-hybridized carbons (Fsp3) is 0.667. The zero-order chi connectivity index (χ0) is 14.5. The van der Waals surface area contributed by atoms with Gasteiger partial charge in [-0.05, 0) is 25.3 Å². The number of aliphatic carboxylic acids is 1. The summed E-state index contributed by atoms with van der Waals surface area (Å²) in [5, 5.41) is 21.7. The Hall–Kier alpha value is -1.96. The van der Waals surface area contributed by atoms with Crippen LogP contribution >= 0.6 is 0 Å². The van der Waals surface area contributed by atoms with Crippen molar-refractivity contribution in [1.29, 1.82) is 0 Å². The van der Waals surface area contributed by atoms with E-state index in [1.807, 2.05) is 0 Å². The van der Waals surface area contributed by atoms with Crippen LogP contribution < -0.4 is 10.6 Å². The van der Waals surface area contributed by atoms with Crippen LogP contribution in [0.4, 0.5) is 6.01 Å². The third-order valence-corrected chi connectivity index (χ3v) is 3.44. The van der Waals surface area contributed by atoms with Gasteiger partial charge in [-0.25, -0.2) is 0 Å². The topological polar surface area (TPSA) is 117 Å². The van der Waals surface area contributed by atoms with Crippen LogP contribution in [-0.2, 0) is 9.59 Å². The minimum atomic E-state index is -0.750. The Balaban J connectivity index is 1.70. The molecule has 8 nitrogen and oxygen atoms in total. The van der Waals surface area contributed by atoms with Crippen LogP contribution in [0, 0.1) is 18.8 Å². The maximum Gasteiger partial charge on any atom is 0.322 e. The van der Waals surface area contributed by atoms with Gasteiger partial charge in [-0.2, -0.15) is 0 Å². The lowest BCUT2D eigenvalue weighted by molar-refractivity contribution is -0.142. The molecule has 1 aliphatic rings. The molecule has 2 atom stereocenters. The average Bonchev–Trinajstić information content (AvgIpc) is 2.98. The summed E-state index contributed by atoms with van der Waals surface area (Å²) in [5.74, 6) is -0.878. The van der Waals surface area contributed by atoms with Crippen LogP contribution in [0.15, 0.2) is 4.42 Å². The predicted octanol–water partition coefficient (Wildman–Crippen LogP) is 0.407. The van der Waals surface area contributed by atoms with Gasteiger partial charge in [0.05, 0.1) is 12.5 Å². The van der Waals surface area contributed by atoms with Crippen LogP contribution in [0.3, 0.4) is 0 Å². The molecule has 110 valence electrons. The molecule has 0 aliphatic heterocycles. The van der Waals surface area contributed by atoms with E-state index in [1.54, 1.807) is 6.92 Å². The first-order chi connectivity index (χ1) is 9.56. The lowest BCUT2D eigenvalue weighted by atomic mass is 9.96. The Morgan fingerprint density at radius 3 is 2.85 bits per heavy atom. The van der Waals surface area contributed by atoms with E-state index in [2.05, 4.69) is 20.8 Å². The quantitative estimate of drug-likeness (QED) is 0.691. The van der Waals surface area contributed by atoms with Crippen molar-refractivity contribution in [3.63, 3.8) is 0 Å². The molecule has 8 heteroatoms. The molecule has 1 heterocycles. The van der Waals surface area contributed by atoms with Crippen molar-refractivity contribution in [2.24, 2.45) is 11.8 Å². The van der Waals surface area contributed by atoms with Crippen LogP contribution in [0.25, 0.3) is 0 Å². The highest BCUT2D eigenvalue weighted by Crippen LogP contribution is 2.31. The SMILES string of the molecule is Cc1nnc(NC(=O)CNCC2CCCC2C(=O)O)o1. The summed E-state index contributed by atoms with van der Waals surface area (Å²) in [6.45, 7) is 2.24. The molecule has 1 aliphatic carbocycles. The van der Waals surface area contributed by atoms with Crippen molar-refractivity contribution in [1.82, 2.24) is 15.5 Å². The highest BCUT2D eigenvalue weighted by atomic mass is 16.4. The van der Waals surface area contributed by atoms with E-state index in [9.17, 15) is 9.59 Å². The Morgan fingerprint density at radius 2 is 2.20 bits per heavy atom. The van der Waals surface area contributed by atoms with Crippen molar-refractivity contribution in [3.8, 4) is 0 Å². The molecule has 2 unspecified atom stereocenters. The molecule has 2 rings (SSSR count). The first-order valence-electron chi connectivity index (χ1n) is 6.59. The van der Waals surface area contributed by atoms with E-state index in [1.165, 1.54) is 0 Å². The molecule has 20 heavy (non-hydrogen) atoms. The lowest BCUT2D eigenvalue weighted by Gasteiger charge is -2.15. The first-order valence-corrected chi connectivity index (χ1v) is 6.59. The van der Waals surface area contributed by atoms with Gasteiger partial charge in [0.1, 0.15) is 0 Å². The minimum Gasteiger partial charge on any atom is -0.481 e. The third-order valence-electron chi connectivity index (χ3n) is 3.44. The summed E-state index contributed by atoms with van der Waals surface area (Å²) < 4.78 is 5.02. The van der Waals surface area contributed by atoms with Gasteiger partial charge < -0.3 is 14.8 Å². The Morgan fingerprint density at radius 1 is 1.40 bits per heavy atom. The van der Waals surface area contributed by atoms with Gasteiger partial charge in [0, 0.05) is 6.92 Å². The van der Waals surface area contributed by atoms with Crippen LogP contribution in [0.5, 0.6) is 0 Å². The Labute approximate surface area is 115 Å². The normalized spacial score (nSPS) is 21.9. The highest BCUT2D eigenvalue weighted by molar-refractivity contribution is 5.90. The summed E-state index contributed by atoms with van der Waals surface area (Å²) in [7, 11) is 0. The molecule has 0 saturated heterocycles. The summed E-state index contributed by atoms with van der Waals surface area (Å²) >= 11 is 0. The molecular formula is C12H18N4O4. The van der Waals surface area contributed by atoms with E-state index in [4.69, 9.17) is 9.52 Å². The minimum absolute atomic E-state index is 0.0681. The zero-order valence-electron chi connectivity index (χ0n) is 11.3. The number of amides is 1. The maximum atomic E-state index is 11.6. The zero-order valence-corrected chi connectivity index (χ0v) is 11.3. The number of nitrogens with one attached hydrogen (secondary N) is 2. The first kappa shape index (κ1) is 14.4. The smallest absolute Gasteiger partial charge is 0.322 e. The Bertz CT molecular complexity index is 488. The molecule has 0 bridgehead atoms. The summed E-state index contributed by atoms with van der Waals surface area (Å²) in [6, 6.07) is 0.0681. The van der Waals surface area contributed by atoms with Crippen molar-refractivity contribution in [3.05, 3.63) is 5.89 Å². The van der Waals surface area contributed by atoms with E-state index in [0.717, 1.165) is 19.3 Å². The van der Waals surface area contributed by atoms with E-state index < -0.39 is 5.97 Å². The molecule has 1 fully saturated rings. The molecule has 0 spiro atoms. The number of aromatic nitrogens is 2. The average molecular weight is 282 g/mol. The second-order valence-electron chi connectivity index (χ2n) is 4.94. The lowest BCUT2D eigenvalue weighted by Crippen LogP contribution is -2.34. The second-order valence-corrected chi connectivity index (χ2v) is 4.94. The highest BCUT2D eigenvalue weighted by Gasteiger charge is 2.32. The largest absolute Gasteiger partial charge is 0.481 e. The van der Waals surface area contributed by atoms with Crippen molar-refractivity contribution in [2.45, 2.75) is 26.2 Å². The predicted molar refractivity (Wildman–Crippen MR) is 69.0 cm³/mol. The number of rotatable bonds is 6. The number of carbonyl (C=O) groups is 2. The maximum absolute atomic E-state index is 11.6. The molecule has 3 N–H and O–H groups in total. The van der Waals surface area contributed by atoms with E-state index in [0.29, 0.717) is 12.4 Å². The summed E-state index contributed by atoms with van der Waals surface area (Å²) in [6.07, 6.45) is 2.53. The molecule has 0 radical (unpaired) electrons. The van der Waals surface area contributed by atoms with Gasteiger partial charge in [-0.15, -0.1) is 5.10 Å². The standard InChI is InChI=1S/C12H18N4O4/c1-7-15-16-12(20-7)14-10(17)6-13-5-8-3-2-4-9(8)11(18)19/h8-9,13H,2-6H2,1H3,(H,18,19)(H,14,16,17). The number of nitrogens with zero attached hydrogens (tertiary/aromatic N) is 2. The summed E-state index contributed by atoms with van der Waals surface area (Å²) in [4.78, 5) is 22.6. The molecular weight excluding hydrogens is 264 g/mol. The van der Waals surface area contributed by atoms with Crippen molar-refractivity contribution >= 4 is 17.9 Å². The van der Waals surface area contributed by atoms with Gasteiger partial charge in [-0.3, -0.25) is 14.9 Å². The molecule has 1 saturated carbocycles. The molecule has 1 amide bonds. The van der Waals surface area contributed by atoms with Crippen LogP contribution in [0.2, 0.25) is 0 Å². The number of hydrogen-bond donors (Lipinski definition) is 3. The van der Waals surface area contributed by atoms with Gasteiger partial charge >= 0.3 is 12.0 Å². The van der Waals surface area contributed by atoms with Crippen LogP contribution in [-0.4, -0.2) is 40.3 Å². The Kier molecular flexibility index (Phi) is 4.67. The monoisotopic (exact) mass is 282 g/mol. The van der Waals surface area contributed by atoms with Gasteiger partial charge in [0.2, 0.25) is 11.8 Å². The van der Waals surface area contributed by atoms with Crippen molar-refractivity contribution in [2.75, 3.05) is 18.4 Å². The fourth-order valence-corrected chi connectivity index (χ4v) is 2.49. The molecule has 1 aromatic heterocycles. The summed E-state index contributed by atoms with van der Waals surface area (Å²) in [5.41, 5.74) is 0. The molecule has 1 aromatic rings. The number of anilines is 1. The van der Waals surface area contributed by atoms with Gasteiger partial charge in [-0.1, -0.05) is 11.5 Å². The number of carbonyl (C=O) groups excluding carboxylic acids is 1. The third kappa shape index (κ3) is 3.77. The van der Waals surface area contributed by atoms with E-state index in [-0.39, 0.29) is 30.3 Å². The van der Waals surface area contributed by atoms with Gasteiger partial charge in [0.25, 0.3) is 0 Å². The molecule has 0 aromatic carbocycles. The second kappa shape index (κ2) is 6.47. The number of carboxylic acids is 1. The van der Waals surface area contributed by atoms with Crippen LogP contribution in [0.1, 0.15) is 25.2 Å². The number of aryl methyl sites for hydroxylation is 1. The van der Waals surface area contributed by atoms with Crippen molar-refractivity contribution < 1.29 is 19.1 Å².